The first-order valence-corrected chi connectivity index (χ1v) is 20.1. The normalized spacial score (nSPS) is 16.8. The molecule has 1 saturated carbocycles. The molecular weight excluding hydrogens is 675 g/mol. The van der Waals surface area contributed by atoms with Crippen molar-refractivity contribution in [2.45, 2.75) is 127 Å². The average Bonchev–Trinajstić information content (AvgIpc) is 3.62. The van der Waals surface area contributed by atoms with Crippen LogP contribution in [0, 0.1) is 5.92 Å². The fourth-order valence-corrected chi connectivity index (χ4v) is 7.63. The molecule has 1 heterocycles. The highest BCUT2D eigenvalue weighted by molar-refractivity contribution is 7.89. The molecule has 3 amide bonds. The maximum atomic E-state index is 14.1. The number of unbranched alkanes of at least 4 members (excludes halogenated alkanes) is 2. The minimum atomic E-state index is -3.55. The van der Waals surface area contributed by atoms with Crippen LogP contribution in [0.1, 0.15) is 95.2 Å². The van der Waals surface area contributed by atoms with Crippen molar-refractivity contribution < 1.29 is 33.0 Å². The molecule has 1 aliphatic rings. The van der Waals surface area contributed by atoms with Gasteiger partial charge in [0.25, 0.3) is 0 Å². The van der Waals surface area contributed by atoms with E-state index < -0.39 is 52.2 Å². The highest BCUT2D eigenvalue weighted by atomic mass is 32.2. The Bertz CT molecular complexity index is 1410. The average molecular weight is 734 g/mol. The lowest BCUT2D eigenvalue weighted by Gasteiger charge is -2.32. The largest absolute Gasteiger partial charge is 0.392 e. The number of H-pyrrole nitrogens is 1. The second-order valence-electron chi connectivity index (χ2n) is 13.7. The van der Waals surface area contributed by atoms with E-state index in [9.17, 15) is 33.0 Å². The summed E-state index contributed by atoms with van der Waals surface area (Å²) in [6, 6.07) is 6.47. The van der Waals surface area contributed by atoms with Gasteiger partial charge in [0.1, 0.15) is 12.1 Å². The summed E-state index contributed by atoms with van der Waals surface area (Å²) in [5.74, 6) is -1.18. The molecule has 286 valence electrons. The zero-order valence-electron chi connectivity index (χ0n) is 29.9. The number of benzene rings is 1. The number of aliphatic hydroxyl groups is 2. The lowest BCUT2D eigenvalue weighted by atomic mass is 9.83. The Morgan fingerprint density at radius 2 is 1.67 bits per heavy atom. The fraction of sp³-hybridized carbons (Fsp3) is 0.667. The van der Waals surface area contributed by atoms with E-state index in [2.05, 4.69) is 30.6 Å². The molecule has 2 aromatic rings. The molecule has 1 fully saturated rings. The van der Waals surface area contributed by atoms with E-state index >= 15 is 0 Å². The van der Waals surface area contributed by atoms with Crippen molar-refractivity contribution in [3.05, 3.63) is 54.1 Å². The molecule has 0 unspecified atom stereocenters. The summed E-state index contributed by atoms with van der Waals surface area (Å²) < 4.78 is 26.6. The second-order valence-corrected chi connectivity index (χ2v) is 15.7. The molecule has 0 saturated heterocycles. The predicted molar refractivity (Wildman–Crippen MR) is 196 cm³/mol. The Morgan fingerprint density at radius 3 is 2.33 bits per heavy atom. The Labute approximate surface area is 302 Å². The Hall–Kier alpha value is -3.37. The number of imidazole rings is 1. The molecule has 3 rings (SSSR count). The summed E-state index contributed by atoms with van der Waals surface area (Å²) in [5, 5.41) is 30.7. The number of hydrogen-bond donors (Lipinski definition) is 8. The van der Waals surface area contributed by atoms with Gasteiger partial charge in [0.15, 0.2) is 0 Å². The lowest BCUT2D eigenvalue weighted by molar-refractivity contribution is -0.132. The van der Waals surface area contributed by atoms with Crippen molar-refractivity contribution in [3.63, 3.8) is 0 Å². The van der Waals surface area contributed by atoms with Crippen LogP contribution in [-0.4, -0.2) is 95.5 Å². The van der Waals surface area contributed by atoms with E-state index in [1.165, 1.54) is 6.33 Å². The van der Waals surface area contributed by atoms with Gasteiger partial charge in [0.2, 0.25) is 27.7 Å². The maximum absolute atomic E-state index is 14.1. The number of rotatable bonds is 24. The van der Waals surface area contributed by atoms with Crippen LogP contribution in [0.15, 0.2) is 42.9 Å². The van der Waals surface area contributed by atoms with Crippen LogP contribution in [0.4, 0.5) is 0 Å². The summed E-state index contributed by atoms with van der Waals surface area (Å²) in [7, 11) is -3.55. The number of nitrogens with one attached hydrogen (secondary N) is 5. The molecule has 51 heavy (non-hydrogen) atoms. The molecule has 0 bridgehead atoms. The molecule has 1 aliphatic carbocycles. The van der Waals surface area contributed by atoms with Gasteiger partial charge in [0.05, 0.1) is 30.3 Å². The van der Waals surface area contributed by atoms with E-state index in [0.29, 0.717) is 31.5 Å². The number of sulfonamides is 1. The second kappa shape index (κ2) is 22.5. The third-order valence-electron chi connectivity index (χ3n) is 9.28. The van der Waals surface area contributed by atoms with Gasteiger partial charge in [-0.05, 0) is 43.7 Å². The summed E-state index contributed by atoms with van der Waals surface area (Å²) in [4.78, 5) is 47.9. The topological polar surface area (TPSA) is 229 Å². The Balaban J connectivity index is 1.78. The first-order valence-electron chi connectivity index (χ1n) is 18.4. The molecule has 1 aromatic carbocycles. The van der Waals surface area contributed by atoms with Gasteiger partial charge in [-0.15, -0.1) is 0 Å². The highest BCUT2D eigenvalue weighted by Gasteiger charge is 2.33. The summed E-state index contributed by atoms with van der Waals surface area (Å²) in [6.45, 7) is 2.02. The molecule has 15 heteroatoms. The monoisotopic (exact) mass is 733 g/mol. The zero-order chi connectivity index (χ0) is 37.1. The van der Waals surface area contributed by atoms with Crippen LogP contribution < -0.4 is 26.4 Å². The van der Waals surface area contributed by atoms with E-state index in [0.717, 1.165) is 50.5 Å². The quantitative estimate of drug-likeness (QED) is 0.0732. The van der Waals surface area contributed by atoms with Crippen molar-refractivity contribution in [3.8, 4) is 0 Å². The van der Waals surface area contributed by atoms with E-state index in [1.54, 1.807) is 13.1 Å². The number of aliphatic hydroxyl groups excluding tert-OH is 2. The van der Waals surface area contributed by atoms with Crippen LogP contribution in [-0.2, 0) is 37.2 Å². The molecule has 1 aromatic heterocycles. The van der Waals surface area contributed by atoms with Crippen LogP contribution in [0.25, 0.3) is 0 Å². The first-order chi connectivity index (χ1) is 24.5. The van der Waals surface area contributed by atoms with E-state index in [4.69, 9.17) is 5.73 Å². The molecule has 0 radical (unpaired) electrons. The molecule has 9 N–H and O–H groups in total. The number of nitrogens with zero attached hydrogens (tertiary/aromatic N) is 1. The van der Waals surface area contributed by atoms with Gasteiger partial charge < -0.3 is 36.9 Å². The van der Waals surface area contributed by atoms with Crippen molar-refractivity contribution >= 4 is 27.7 Å². The standard InChI is InChI=1S/C36H59N7O7S/c1-2-18-51(49,50)40-24-29(44)22-33(45)30(19-26-12-6-3-7-13-26)42-36(48)32(21-28-23-38-25-39-28)43-35(47)31(20-27-14-8-4-9-15-27)41-34(46)16-10-5-11-17-37/h4,8-9,14-15,23,25-26,29-33,40,44-45H,2-3,5-7,10-13,16-22,24,37H2,1H3,(H,38,39)(H,41,46)(H,42,48)(H,43,47)/t29-,30-,31-,32-,33-/m0/s1. The summed E-state index contributed by atoms with van der Waals surface area (Å²) in [6.07, 6.45) is 9.24. The number of nitrogens with two attached hydrogens (primary N) is 1. The van der Waals surface area contributed by atoms with Crippen LogP contribution >= 0.6 is 0 Å². The zero-order valence-corrected chi connectivity index (χ0v) is 30.7. The van der Waals surface area contributed by atoms with Gasteiger partial charge >= 0.3 is 0 Å². The van der Waals surface area contributed by atoms with Gasteiger partial charge in [-0.2, -0.15) is 0 Å². The smallest absolute Gasteiger partial charge is 0.243 e. The molecule has 14 nitrogen and oxygen atoms in total. The van der Waals surface area contributed by atoms with Crippen LogP contribution in [0.2, 0.25) is 0 Å². The van der Waals surface area contributed by atoms with Crippen molar-refractivity contribution in [1.29, 1.82) is 0 Å². The predicted octanol–water partition coefficient (Wildman–Crippen LogP) is 1.58. The third kappa shape index (κ3) is 16.2. The number of carbonyl (C=O) groups excluding carboxylic acids is 3. The van der Waals surface area contributed by atoms with Gasteiger partial charge in [-0.25, -0.2) is 18.1 Å². The Kier molecular flexibility index (Phi) is 18.6. The van der Waals surface area contributed by atoms with E-state index in [1.807, 2.05) is 30.3 Å². The van der Waals surface area contributed by atoms with Crippen LogP contribution in [0.5, 0.6) is 0 Å². The minimum absolute atomic E-state index is 0.0662. The molecule has 0 aliphatic heterocycles. The lowest BCUT2D eigenvalue weighted by Crippen LogP contribution is -2.57. The number of aromatic nitrogens is 2. The number of carbonyl (C=O) groups is 3. The highest BCUT2D eigenvalue weighted by Crippen LogP contribution is 2.28. The van der Waals surface area contributed by atoms with E-state index in [-0.39, 0.29) is 49.8 Å². The van der Waals surface area contributed by atoms with Crippen LogP contribution in [0.3, 0.4) is 0 Å². The van der Waals surface area contributed by atoms with Gasteiger partial charge in [-0.3, -0.25) is 14.4 Å². The Morgan fingerprint density at radius 1 is 0.961 bits per heavy atom. The summed E-state index contributed by atoms with van der Waals surface area (Å²) in [5.41, 5.74) is 7.01. The molecular formula is C36H59N7O7S. The number of amides is 3. The minimum Gasteiger partial charge on any atom is -0.392 e. The number of hydrogen-bond acceptors (Lipinski definition) is 9. The molecule has 0 spiro atoms. The summed E-state index contributed by atoms with van der Waals surface area (Å²) >= 11 is 0. The van der Waals surface area contributed by atoms with Crippen molar-refractivity contribution in [2.24, 2.45) is 11.7 Å². The van der Waals surface area contributed by atoms with Crippen molar-refractivity contribution in [2.75, 3.05) is 18.8 Å². The molecule has 5 atom stereocenters. The first kappa shape index (κ1) is 42.0. The number of aromatic amines is 1. The van der Waals surface area contributed by atoms with Crippen molar-refractivity contribution in [1.82, 2.24) is 30.6 Å². The van der Waals surface area contributed by atoms with Gasteiger partial charge in [-0.1, -0.05) is 75.8 Å². The third-order valence-corrected chi connectivity index (χ3v) is 10.8. The SMILES string of the molecule is CCCS(=O)(=O)NC[C@@H](O)C[C@H](O)[C@H](CC1CCCCC1)NC(=O)[C@H](Cc1cnc[nH]1)NC(=O)[C@H](Cc1ccccc1)NC(=O)CCCCCN. The van der Waals surface area contributed by atoms with Gasteiger partial charge in [0, 0.05) is 44.1 Å². The fourth-order valence-electron chi connectivity index (χ4n) is 6.50. The maximum Gasteiger partial charge on any atom is 0.243 e.